The lowest BCUT2D eigenvalue weighted by Crippen LogP contribution is -2.43. The highest BCUT2D eigenvalue weighted by Crippen LogP contribution is 2.20. The van der Waals surface area contributed by atoms with Gasteiger partial charge in [-0.05, 0) is 27.2 Å². The summed E-state index contributed by atoms with van der Waals surface area (Å²) in [4.78, 5) is 21.7. The van der Waals surface area contributed by atoms with Crippen molar-refractivity contribution in [2.45, 2.75) is 46.3 Å². The molecule has 1 aromatic rings. The van der Waals surface area contributed by atoms with Gasteiger partial charge in [0, 0.05) is 30.4 Å². The van der Waals surface area contributed by atoms with Crippen LogP contribution in [0.1, 0.15) is 44.0 Å². The van der Waals surface area contributed by atoms with Gasteiger partial charge in [-0.1, -0.05) is 6.92 Å². The Balaban J connectivity index is 2.25. The number of nitrogens with zero attached hydrogens (tertiary/aromatic N) is 2. The number of rotatable bonds is 3. The van der Waals surface area contributed by atoms with E-state index in [4.69, 9.17) is 4.74 Å². The van der Waals surface area contributed by atoms with E-state index in [1.807, 2.05) is 13.8 Å². The lowest BCUT2D eigenvalue weighted by molar-refractivity contribution is -0.0444. The van der Waals surface area contributed by atoms with E-state index in [1.165, 1.54) is 0 Å². The number of nitrogens with one attached hydrogen (secondary N) is 1. The predicted molar refractivity (Wildman–Crippen MR) is 74.4 cm³/mol. The van der Waals surface area contributed by atoms with Crippen molar-refractivity contribution in [3.8, 4) is 0 Å². The molecule has 1 saturated heterocycles. The van der Waals surface area contributed by atoms with Crippen LogP contribution < -0.4 is 5.56 Å². The zero-order valence-electron chi connectivity index (χ0n) is 12.2. The molecule has 0 amide bonds. The van der Waals surface area contributed by atoms with Crippen LogP contribution in [-0.4, -0.2) is 40.6 Å². The van der Waals surface area contributed by atoms with Crippen molar-refractivity contribution in [2.75, 3.05) is 19.7 Å². The van der Waals surface area contributed by atoms with Gasteiger partial charge in [-0.25, -0.2) is 4.98 Å². The van der Waals surface area contributed by atoms with Gasteiger partial charge in [-0.2, -0.15) is 0 Å². The molecule has 0 saturated carbocycles. The first-order valence-electron chi connectivity index (χ1n) is 6.98. The van der Waals surface area contributed by atoms with Gasteiger partial charge in [0.1, 0.15) is 11.9 Å². The van der Waals surface area contributed by atoms with E-state index < -0.39 is 0 Å². The quantitative estimate of drug-likeness (QED) is 0.898. The van der Waals surface area contributed by atoms with Crippen LogP contribution in [0.4, 0.5) is 0 Å². The van der Waals surface area contributed by atoms with E-state index in [-0.39, 0.29) is 11.7 Å². The molecule has 1 aromatic heterocycles. The highest BCUT2D eigenvalue weighted by Gasteiger charge is 2.25. The summed E-state index contributed by atoms with van der Waals surface area (Å²) in [5, 5.41) is 0. The lowest BCUT2D eigenvalue weighted by atomic mass is 10.1. The maximum atomic E-state index is 12.0. The van der Waals surface area contributed by atoms with E-state index in [9.17, 15) is 4.79 Å². The maximum Gasteiger partial charge on any atom is 0.254 e. The van der Waals surface area contributed by atoms with E-state index in [2.05, 4.69) is 28.7 Å². The van der Waals surface area contributed by atoms with Gasteiger partial charge in [0.05, 0.1) is 6.61 Å². The third-order valence-corrected chi connectivity index (χ3v) is 3.73. The molecule has 1 fully saturated rings. The predicted octanol–water partition coefficient (Wildman–Crippen LogP) is 1.42. The first kappa shape index (κ1) is 14.2. The number of morpholine rings is 1. The second kappa shape index (κ2) is 5.84. The molecule has 0 radical (unpaired) electrons. The van der Waals surface area contributed by atoms with Crippen LogP contribution in [0.15, 0.2) is 4.79 Å². The largest absolute Gasteiger partial charge is 0.368 e. The highest BCUT2D eigenvalue weighted by molar-refractivity contribution is 5.17. The Bertz CT molecular complexity index is 496. The van der Waals surface area contributed by atoms with Crippen LogP contribution in [0.5, 0.6) is 0 Å². The molecular formula is C14H23N3O2. The van der Waals surface area contributed by atoms with Crippen LogP contribution in [0.25, 0.3) is 0 Å². The number of aromatic nitrogens is 2. The molecule has 0 bridgehead atoms. The van der Waals surface area contributed by atoms with Crippen molar-refractivity contribution < 1.29 is 4.74 Å². The van der Waals surface area contributed by atoms with Crippen LogP contribution in [-0.2, 0) is 11.2 Å². The van der Waals surface area contributed by atoms with E-state index >= 15 is 0 Å². The summed E-state index contributed by atoms with van der Waals surface area (Å²) >= 11 is 0. The van der Waals surface area contributed by atoms with Gasteiger partial charge < -0.3 is 9.72 Å². The molecule has 5 heteroatoms. The summed E-state index contributed by atoms with van der Waals surface area (Å²) in [6.45, 7) is 10.6. The number of H-pyrrole nitrogens is 1. The summed E-state index contributed by atoms with van der Waals surface area (Å²) in [5.41, 5.74) is 1.54. The molecule has 0 aromatic carbocycles. The average molecular weight is 265 g/mol. The van der Waals surface area contributed by atoms with Crippen molar-refractivity contribution in [3.05, 3.63) is 27.4 Å². The van der Waals surface area contributed by atoms with Gasteiger partial charge in [0.25, 0.3) is 5.56 Å². The molecule has 0 aliphatic carbocycles. The van der Waals surface area contributed by atoms with E-state index in [0.717, 1.165) is 24.3 Å². The zero-order chi connectivity index (χ0) is 14.0. The SMILES string of the molecule is CCc1c(C)nc(C2CN(C(C)C)CCO2)[nH]c1=O. The van der Waals surface area contributed by atoms with Crippen LogP contribution in [0.3, 0.4) is 0 Å². The van der Waals surface area contributed by atoms with Crippen LogP contribution >= 0.6 is 0 Å². The first-order chi connectivity index (χ1) is 9.02. The van der Waals surface area contributed by atoms with Crippen molar-refractivity contribution in [1.82, 2.24) is 14.9 Å². The number of hydrogen-bond donors (Lipinski definition) is 1. The topological polar surface area (TPSA) is 58.2 Å². The zero-order valence-corrected chi connectivity index (χ0v) is 12.2. The van der Waals surface area contributed by atoms with Crippen molar-refractivity contribution in [2.24, 2.45) is 0 Å². The third-order valence-electron chi connectivity index (χ3n) is 3.73. The highest BCUT2D eigenvalue weighted by atomic mass is 16.5. The van der Waals surface area contributed by atoms with Crippen LogP contribution in [0, 0.1) is 6.92 Å². The molecular weight excluding hydrogens is 242 g/mol. The Morgan fingerprint density at radius 2 is 2.26 bits per heavy atom. The molecule has 2 heterocycles. The minimum absolute atomic E-state index is 0.0322. The third kappa shape index (κ3) is 3.04. The molecule has 2 rings (SSSR count). The molecule has 5 nitrogen and oxygen atoms in total. The molecule has 1 aliphatic rings. The van der Waals surface area contributed by atoms with Crippen molar-refractivity contribution >= 4 is 0 Å². The fraction of sp³-hybridized carbons (Fsp3) is 0.714. The Hall–Kier alpha value is -1.20. The molecule has 1 N–H and O–H groups in total. The summed E-state index contributed by atoms with van der Waals surface area (Å²) < 4.78 is 5.75. The Morgan fingerprint density at radius 1 is 1.53 bits per heavy atom. The van der Waals surface area contributed by atoms with Gasteiger partial charge in [-0.15, -0.1) is 0 Å². The number of hydrogen-bond acceptors (Lipinski definition) is 4. The Morgan fingerprint density at radius 3 is 2.84 bits per heavy atom. The number of aromatic amines is 1. The number of ether oxygens (including phenoxy) is 1. The lowest BCUT2D eigenvalue weighted by Gasteiger charge is -2.35. The molecule has 106 valence electrons. The van der Waals surface area contributed by atoms with Gasteiger partial charge in [0.2, 0.25) is 0 Å². The maximum absolute atomic E-state index is 12.0. The molecule has 1 atom stereocenters. The summed E-state index contributed by atoms with van der Waals surface area (Å²) in [5.74, 6) is 0.657. The van der Waals surface area contributed by atoms with Gasteiger partial charge in [-0.3, -0.25) is 9.69 Å². The van der Waals surface area contributed by atoms with Crippen molar-refractivity contribution in [3.63, 3.8) is 0 Å². The monoisotopic (exact) mass is 265 g/mol. The fourth-order valence-electron chi connectivity index (χ4n) is 2.50. The summed E-state index contributed by atoms with van der Waals surface area (Å²) in [6, 6.07) is 0.481. The minimum atomic E-state index is -0.131. The van der Waals surface area contributed by atoms with E-state index in [0.29, 0.717) is 24.9 Å². The number of aryl methyl sites for hydroxylation is 1. The smallest absolute Gasteiger partial charge is 0.254 e. The Labute approximate surface area is 114 Å². The van der Waals surface area contributed by atoms with E-state index in [1.54, 1.807) is 0 Å². The molecule has 0 spiro atoms. The standard InChI is InChI=1S/C14H23N3O2/c1-5-11-10(4)15-13(16-14(11)18)12-8-17(9(2)3)6-7-19-12/h9,12H,5-8H2,1-4H3,(H,15,16,18). The average Bonchev–Trinajstić information content (AvgIpc) is 2.38. The molecule has 1 unspecified atom stereocenters. The Kier molecular flexibility index (Phi) is 4.37. The first-order valence-corrected chi connectivity index (χ1v) is 6.98. The van der Waals surface area contributed by atoms with Gasteiger partial charge in [0.15, 0.2) is 0 Å². The minimum Gasteiger partial charge on any atom is -0.368 e. The van der Waals surface area contributed by atoms with Crippen LogP contribution in [0.2, 0.25) is 0 Å². The molecule has 1 aliphatic heterocycles. The second-order valence-electron chi connectivity index (χ2n) is 5.32. The van der Waals surface area contributed by atoms with Gasteiger partial charge >= 0.3 is 0 Å². The van der Waals surface area contributed by atoms with Crippen molar-refractivity contribution in [1.29, 1.82) is 0 Å². The second-order valence-corrected chi connectivity index (χ2v) is 5.32. The normalized spacial score (nSPS) is 21.0. The summed E-state index contributed by atoms with van der Waals surface area (Å²) in [6.07, 6.45) is 0.575. The summed E-state index contributed by atoms with van der Waals surface area (Å²) in [7, 11) is 0. The molecule has 19 heavy (non-hydrogen) atoms. The fourth-order valence-corrected chi connectivity index (χ4v) is 2.50.